The van der Waals surface area contributed by atoms with Gasteiger partial charge in [0.2, 0.25) is 17.7 Å². The summed E-state index contributed by atoms with van der Waals surface area (Å²) in [6.07, 6.45) is 2.20. The van der Waals surface area contributed by atoms with Crippen molar-refractivity contribution >= 4 is 29.7 Å². The SMILES string of the molecule is CC(NC(=O)C(CCC(=O)O)NC(=O)C(N)Cc1cnc[nH]1)C(=O)NC(Cc1ccc(O)cc1)C(=O)O. The molecule has 0 spiro atoms. The molecule has 14 nitrogen and oxygen atoms in total. The van der Waals surface area contributed by atoms with Crippen molar-refractivity contribution in [2.45, 2.75) is 56.8 Å². The molecular formula is C23H30N6O8. The molecule has 3 amide bonds. The van der Waals surface area contributed by atoms with Gasteiger partial charge in [0.05, 0.1) is 12.4 Å². The van der Waals surface area contributed by atoms with Crippen molar-refractivity contribution in [1.29, 1.82) is 0 Å². The Kier molecular flexibility index (Phi) is 10.6. The molecule has 0 bridgehead atoms. The van der Waals surface area contributed by atoms with Crippen LogP contribution in [0, 0.1) is 0 Å². The van der Waals surface area contributed by atoms with Crippen molar-refractivity contribution in [2.24, 2.45) is 5.73 Å². The zero-order valence-electron chi connectivity index (χ0n) is 20.0. The number of phenols is 1. The van der Waals surface area contributed by atoms with E-state index in [2.05, 4.69) is 25.9 Å². The second kappa shape index (κ2) is 13.6. The number of rotatable bonds is 14. The molecule has 9 N–H and O–H groups in total. The maximum Gasteiger partial charge on any atom is 0.326 e. The van der Waals surface area contributed by atoms with Crippen LogP contribution in [0.4, 0.5) is 0 Å². The highest BCUT2D eigenvalue weighted by atomic mass is 16.4. The summed E-state index contributed by atoms with van der Waals surface area (Å²) in [5.74, 6) is -4.86. The average molecular weight is 519 g/mol. The van der Waals surface area contributed by atoms with Crippen LogP contribution in [0.25, 0.3) is 0 Å². The summed E-state index contributed by atoms with van der Waals surface area (Å²) < 4.78 is 0. The topological polar surface area (TPSA) is 237 Å². The number of carboxylic acids is 2. The number of aromatic hydroxyl groups is 1. The number of aromatic amines is 1. The van der Waals surface area contributed by atoms with Gasteiger partial charge in [0.1, 0.15) is 23.9 Å². The zero-order chi connectivity index (χ0) is 27.5. The summed E-state index contributed by atoms with van der Waals surface area (Å²) >= 11 is 0. The van der Waals surface area contributed by atoms with Crippen molar-refractivity contribution in [2.75, 3.05) is 0 Å². The maximum atomic E-state index is 12.8. The first-order chi connectivity index (χ1) is 17.5. The third-order valence-corrected chi connectivity index (χ3v) is 5.35. The van der Waals surface area contributed by atoms with Crippen molar-refractivity contribution in [3.05, 3.63) is 48.0 Å². The number of carboxylic acid groups (broad SMARTS) is 2. The third-order valence-electron chi connectivity index (χ3n) is 5.35. The molecule has 1 aromatic carbocycles. The molecule has 0 aliphatic rings. The number of carbonyl (C=O) groups excluding carboxylic acids is 3. The van der Waals surface area contributed by atoms with Crippen LogP contribution in [-0.2, 0) is 36.8 Å². The van der Waals surface area contributed by atoms with Gasteiger partial charge >= 0.3 is 11.9 Å². The quantitative estimate of drug-likeness (QED) is 0.146. The Morgan fingerprint density at radius 2 is 1.59 bits per heavy atom. The van der Waals surface area contributed by atoms with Gasteiger partial charge in [0.25, 0.3) is 0 Å². The van der Waals surface area contributed by atoms with E-state index in [-0.39, 0.29) is 25.0 Å². The minimum Gasteiger partial charge on any atom is -0.508 e. The first-order valence-corrected chi connectivity index (χ1v) is 11.3. The number of amides is 3. The molecule has 14 heteroatoms. The number of hydrogen-bond donors (Lipinski definition) is 8. The van der Waals surface area contributed by atoms with E-state index in [0.29, 0.717) is 11.3 Å². The van der Waals surface area contributed by atoms with Crippen LogP contribution < -0.4 is 21.7 Å². The Hall–Kier alpha value is -4.46. The van der Waals surface area contributed by atoms with E-state index in [0.717, 1.165) is 0 Å². The highest BCUT2D eigenvalue weighted by molar-refractivity contribution is 5.94. The van der Waals surface area contributed by atoms with E-state index in [1.165, 1.54) is 43.7 Å². The summed E-state index contributed by atoms with van der Waals surface area (Å²) in [7, 11) is 0. The van der Waals surface area contributed by atoms with Gasteiger partial charge in [0.15, 0.2) is 0 Å². The molecule has 0 aliphatic carbocycles. The predicted octanol–water partition coefficient (Wildman–Crippen LogP) is -1.35. The molecule has 2 rings (SSSR count). The fourth-order valence-electron chi connectivity index (χ4n) is 3.29. The molecule has 1 aromatic heterocycles. The van der Waals surface area contributed by atoms with Gasteiger partial charge in [-0.05, 0) is 31.0 Å². The Balaban J connectivity index is 2.00. The number of hydrogen-bond acceptors (Lipinski definition) is 8. The molecule has 4 unspecified atom stereocenters. The number of aliphatic carboxylic acids is 2. The number of phenolic OH excluding ortho intramolecular Hbond substituents is 1. The normalized spacial score (nSPS) is 14.0. The van der Waals surface area contributed by atoms with Crippen molar-refractivity contribution in [3.63, 3.8) is 0 Å². The molecule has 0 aliphatic heterocycles. The van der Waals surface area contributed by atoms with Gasteiger partial charge in [-0.3, -0.25) is 19.2 Å². The van der Waals surface area contributed by atoms with Gasteiger partial charge in [-0.25, -0.2) is 9.78 Å². The molecule has 2 aromatic rings. The summed E-state index contributed by atoms with van der Waals surface area (Å²) in [5, 5.41) is 34.9. The van der Waals surface area contributed by atoms with Gasteiger partial charge < -0.3 is 42.0 Å². The average Bonchev–Trinajstić information content (AvgIpc) is 3.35. The minimum atomic E-state index is -1.32. The maximum absolute atomic E-state index is 12.8. The fraction of sp³-hybridized carbons (Fsp3) is 0.391. The van der Waals surface area contributed by atoms with Crippen LogP contribution in [0.2, 0.25) is 0 Å². The number of nitrogens with one attached hydrogen (secondary N) is 4. The second-order valence-electron chi connectivity index (χ2n) is 8.38. The molecule has 37 heavy (non-hydrogen) atoms. The number of nitrogens with two attached hydrogens (primary N) is 1. The monoisotopic (exact) mass is 518 g/mol. The number of nitrogens with zero attached hydrogens (tertiary/aromatic N) is 1. The number of imidazole rings is 1. The lowest BCUT2D eigenvalue weighted by molar-refractivity contribution is -0.142. The van der Waals surface area contributed by atoms with Crippen molar-refractivity contribution < 1.29 is 39.3 Å². The van der Waals surface area contributed by atoms with Crippen LogP contribution in [-0.4, -0.2) is 79.1 Å². The van der Waals surface area contributed by atoms with E-state index >= 15 is 0 Å². The molecule has 0 saturated carbocycles. The van der Waals surface area contributed by atoms with Gasteiger partial charge in [-0.1, -0.05) is 12.1 Å². The number of aromatic nitrogens is 2. The Bertz CT molecular complexity index is 1090. The van der Waals surface area contributed by atoms with Gasteiger partial charge in [-0.2, -0.15) is 0 Å². The largest absolute Gasteiger partial charge is 0.508 e. The number of carbonyl (C=O) groups is 5. The van der Waals surface area contributed by atoms with E-state index in [1.807, 2.05) is 0 Å². The highest BCUT2D eigenvalue weighted by Crippen LogP contribution is 2.11. The summed E-state index contributed by atoms with van der Waals surface area (Å²) in [6.45, 7) is 1.31. The van der Waals surface area contributed by atoms with Crippen LogP contribution in [0.3, 0.4) is 0 Å². The van der Waals surface area contributed by atoms with Crippen LogP contribution >= 0.6 is 0 Å². The van der Waals surface area contributed by atoms with E-state index in [9.17, 15) is 34.2 Å². The third kappa shape index (κ3) is 9.60. The molecule has 0 radical (unpaired) electrons. The second-order valence-corrected chi connectivity index (χ2v) is 8.38. The fourth-order valence-corrected chi connectivity index (χ4v) is 3.29. The lowest BCUT2D eigenvalue weighted by Crippen LogP contribution is -2.56. The lowest BCUT2D eigenvalue weighted by Gasteiger charge is -2.23. The molecule has 0 saturated heterocycles. The molecule has 1 heterocycles. The molecule has 4 atom stereocenters. The first-order valence-electron chi connectivity index (χ1n) is 11.3. The predicted molar refractivity (Wildman–Crippen MR) is 128 cm³/mol. The standard InChI is InChI=1S/C23H30N6O8/c1-12(20(33)29-18(23(36)37)8-13-2-4-15(30)5-3-13)27-22(35)17(6-7-19(31)32)28-21(34)16(24)9-14-10-25-11-26-14/h2-5,10-12,16-18,30H,6-9,24H2,1H3,(H,25,26)(H,27,35)(H,28,34)(H,29,33)(H,31,32)(H,36,37). The van der Waals surface area contributed by atoms with Gasteiger partial charge in [-0.15, -0.1) is 0 Å². The minimum absolute atomic E-state index is 0.00259. The first kappa shape index (κ1) is 28.8. The van der Waals surface area contributed by atoms with Crippen LogP contribution in [0.15, 0.2) is 36.8 Å². The molecular weight excluding hydrogens is 488 g/mol. The van der Waals surface area contributed by atoms with E-state index in [4.69, 9.17) is 10.8 Å². The van der Waals surface area contributed by atoms with Crippen molar-refractivity contribution in [1.82, 2.24) is 25.9 Å². The Morgan fingerprint density at radius 1 is 0.946 bits per heavy atom. The summed E-state index contributed by atoms with van der Waals surface area (Å²) in [5.41, 5.74) is 7.01. The van der Waals surface area contributed by atoms with Crippen LogP contribution in [0.5, 0.6) is 5.75 Å². The molecule has 200 valence electrons. The van der Waals surface area contributed by atoms with E-state index in [1.54, 1.807) is 0 Å². The number of H-pyrrole nitrogens is 1. The van der Waals surface area contributed by atoms with E-state index < -0.39 is 60.2 Å². The Labute approximate surface area is 211 Å². The molecule has 0 fully saturated rings. The summed E-state index contributed by atoms with van der Waals surface area (Å²) in [6, 6.07) is 0.884. The number of benzene rings is 1. The Morgan fingerprint density at radius 3 is 2.16 bits per heavy atom. The van der Waals surface area contributed by atoms with Crippen LogP contribution in [0.1, 0.15) is 31.0 Å². The summed E-state index contributed by atoms with van der Waals surface area (Å²) in [4.78, 5) is 67.2. The van der Waals surface area contributed by atoms with Gasteiger partial charge in [0, 0.05) is 31.2 Å². The lowest BCUT2D eigenvalue weighted by atomic mass is 10.1. The smallest absolute Gasteiger partial charge is 0.326 e. The van der Waals surface area contributed by atoms with Crippen molar-refractivity contribution in [3.8, 4) is 5.75 Å². The zero-order valence-corrected chi connectivity index (χ0v) is 20.0. The highest BCUT2D eigenvalue weighted by Gasteiger charge is 2.29.